The summed E-state index contributed by atoms with van der Waals surface area (Å²) < 4.78 is 60.0. The van der Waals surface area contributed by atoms with E-state index < -0.39 is 32.1 Å². The van der Waals surface area contributed by atoms with Crippen LogP contribution >= 0.6 is 0 Å². The van der Waals surface area contributed by atoms with Crippen molar-refractivity contribution >= 4 is 21.7 Å². The number of hydrazine groups is 1. The summed E-state index contributed by atoms with van der Waals surface area (Å²) in [6.45, 7) is 1.96. The molecular weight excluding hydrogens is 385 g/mol. The first-order valence-corrected chi connectivity index (χ1v) is 9.15. The Morgan fingerprint density at radius 2 is 1.26 bits per heavy atom. The second-order valence-corrected chi connectivity index (χ2v) is 7.37. The van der Waals surface area contributed by atoms with Crippen LogP contribution in [0.15, 0.2) is 53.4 Å². The first-order chi connectivity index (χ1) is 12.6. The normalized spacial score (nSPS) is 11.7. The molecule has 2 aromatic rings. The van der Waals surface area contributed by atoms with Gasteiger partial charge in [-0.25, -0.2) is 8.42 Å². The van der Waals surface area contributed by atoms with E-state index in [1.54, 1.807) is 24.3 Å². The van der Waals surface area contributed by atoms with Crippen LogP contribution in [-0.4, -0.2) is 25.7 Å². The fourth-order valence-corrected chi connectivity index (χ4v) is 2.83. The van der Waals surface area contributed by atoms with Crippen molar-refractivity contribution in [3.63, 3.8) is 0 Å². The van der Waals surface area contributed by atoms with Crippen molar-refractivity contribution in [2.24, 2.45) is 0 Å². The fraction of sp³-hybridized carbons (Fsp3) is 0.176. The average molecular weight is 400 g/mol. The largest absolute Gasteiger partial charge is 0.501 e. The molecule has 0 atom stereocenters. The first kappa shape index (κ1) is 20.4. The predicted octanol–water partition coefficient (Wildman–Crippen LogP) is 2.62. The molecule has 0 unspecified atom stereocenters. The van der Waals surface area contributed by atoms with Gasteiger partial charge in [-0.2, -0.15) is 13.2 Å². The number of carbonyl (C=O) groups is 2. The molecule has 0 saturated heterocycles. The molecule has 0 heterocycles. The number of sulfone groups is 1. The van der Waals surface area contributed by atoms with Crippen LogP contribution in [0, 0.1) is 0 Å². The highest BCUT2D eigenvalue weighted by Gasteiger charge is 2.46. The van der Waals surface area contributed by atoms with Gasteiger partial charge >= 0.3 is 5.51 Å². The lowest BCUT2D eigenvalue weighted by atomic mass is 10.1. The molecular formula is C17H15F3N2O4S. The van der Waals surface area contributed by atoms with Crippen LogP contribution in [-0.2, 0) is 16.3 Å². The minimum atomic E-state index is -5.49. The molecule has 2 rings (SSSR count). The number of alkyl halides is 3. The van der Waals surface area contributed by atoms with Crippen molar-refractivity contribution < 1.29 is 31.2 Å². The highest BCUT2D eigenvalue weighted by Crippen LogP contribution is 2.30. The quantitative estimate of drug-likeness (QED) is 0.772. The zero-order valence-corrected chi connectivity index (χ0v) is 14.8. The topological polar surface area (TPSA) is 92.3 Å². The van der Waals surface area contributed by atoms with Gasteiger partial charge in [0.1, 0.15) is 0 Å². The van der Waals surface area contributed by atoms with E-state index in [2.05, 4.69) is 10.9 Å². The Hall–Kier alpha value is -2.88. The van der Waals surface area contributed by atoms with Crippen LogP contribution in [0.2, 0.25) is 0 Å². The average Bonchev–Trinajstić information content (AvgIpc) is 2.65. The monoisotopic (exact) mass is 400 g/mol. The lowest BCUT2D eigenvalue weighted by Crippen LogP contribution is -2.41. The molecule has 0 radical (unpaired) electrons. The van der Waals surface area contributed by atoms with E-state index in [0.29, 0.717) is 17.7 Å². The number of hydrogen-bond acceptors (Lipinski definition) is 4. The Kier molecular flexibility index (Phi) is 5.89. The summed E-state index contributed by atoms with van der Waals surface area (Å²) in [6, 6.07) is 9.85. The summed E-state index contributed by atoms with van der Waals surface area (Å²) in [5, 5.41) is 0. The number of carbonyl (C=O) groups excluding carboxylic acids is 2. The second kappa shape index (κ2) is 7.78. The number of amides is 2. The van der Waals surface area contributed by atoms with E-state index in [4.69, 9.17) is 0 Å². The van der Waals surface area contributed by atoms with E-state index in [-0.39, 0.29) is 5.56 Å². The number of nitrogens with one attached hydrogen (secondary N) is 2. The maximum Gasteiger partial charge on any atom is 0.501 e. The fourth-order valence-electron chi connectivity index (χ4n) is 2.07. The number of hydrogen-bond donors (Lipinski definition) is 2. The molecule has 27 heavy (non-hydrogen) atoms. The molecule has 0 aliphatic heterocycles. The highest BCUT2D eigenvalue weighted by atomic mass is 32.2. The van der Waals surface area contributed by atoms with E-state index in [9.17, 15) is 31.2 Å². The summed E-state index contributed by atoms with van der Waals surface area (Å²) in [4.78, 5) is 22.9. The van der Waals surface area contributed by atoms with Crippen molar-refractivity contribution in [3.05, 3.63) is 65.2 Å². The summed E-state index contributed by atoms with van der Waals surface area (Å²) in [7, 11) is -5.49. The molecule has 144 valence electrons. The van der Waals surface area contributed by atoms with Gasteiger partial charge in [0.25, 0.3) is 21.7 Å². The van der Waals surface area contributed by atoms with Gasteiger partial charge in [0.2, 0.25) is 0 Å². The van der Waals surface area contributed by atoms with Crippen LogP contribution in [0.4, 0.5) is 13.2 Å². The zero-order valence-electron chi connectivity index (χ0n) is 14.0. The van der Waals surface area contributed by atoms with Gasteiger partial charge in [-0.15, -0.1) is 0 Å². The Labute approximate surface area is 153 Å². The number of benzene rings is 2. The van der Waals surface area contributed by atoms with E-state index in [1.807, 2.05) is 6.92 Å². The predicted molar refractivity (Wildman–Crippen MR) is 90.4 cm³/mol. The first-order valence-electron chi connectivity index (χ1n) is 7.67. The van der Waals surface area contributed by atoms with Crippen LogP contribution in [0.5, 0.6) is 0 Å². The van der Waals surface area contributed by atoms with Crippen molar-refractivity contribution in [1.82, 2.24) is 10.9 Å². The van der Waals surface area contributed by atoms with Crippen molar-refractivity contribution in [2.45, 2.75) is 23.7 Å². The molecule has 2 amide bonds. The molecule has 0 aromatic heterocycles. The van der Waals surface area contributed by atoms with Gasteiger partial charge in [0.05, 0.1) is 4.90 Å². The Morgan fingerprint density at radius 1 is 0.852 bits per heavy atom. The SMILES string of the molecule is CCc1ccc(C(=O)NNC(=O)c2ccc(S(=O)(=O)C(F)(F)F)cc2)cc1. The van der Waals surface area contributed by atoms with E-state index >= 15 is 0 Å². The highest BCUT2D eigenvalue weighted by molar-refractivity contribution is 7.92. The molecule has 0 fully saturated rings. The molecule has 0 saturated carbocycles. The van der Waals surface area contributed by atoms with Crippen molar-refractivity contribution in [1.29, 1.82) is 0 Å². The Balaban J connectivity index is 2.03. The van der Waals surface area contributed by atoms with E-state index in [0.717, 1.165) is 24.1 Å². The Bertz CT molecular complexity index is 938. The minimum absolute atomic E-state index is 0.127. The van der Waals surface area contributed by atoms with Gasteiger partial charge in [0, 0.05) is 11.1 Å². The molecule has 10 heteroatoms. The van der Waals surface area contributed by atoms with Gasteiger partial charge < -0.3 is 0 Å². The molecule has 6 nitrogen and oxygen atoms in total. The van der Waals surface area contributed by atoms with Gasteiger partial charge in [-0.3, -0.25) is 20.4 Å². The maximum absolute atomic E-state index is 12.5. The smallest absolute Gasteiger partial charge is 0.267 e. The third kappa shape index (κ3) is 4.64. The Morgan fingerprint density at radius 3 is 1.63 bits per heavy atom. The molecule has 0 aliphatic rings. The maximum atomic E-state index is 12.5. The van der Waals surface area contributed by atoms with Gasteiger partial charge in [-0.1, -0.05) is 19.1 Å². The number of rotatable bonds is 4. The lowest BCUT2D eigenvalue weighted by Gasteiger charge is -2.10. The summed E-state index contributed by atoms with van der Waals surface area (Å²) in [6.07, 6.45) is 0.804. The summed E-state index contributed by atoms with van der Waals surface area (Å²) in [5.41, 5.74) is 0.0483. The van der Waals surface area contributed by atoms with E-state index in [1.165, 1.54) is 0 Å². The summed E-state index contributed by atoms with van der Waals surface area (Å²) >= 11 is 0. The summed E-state index contributed by atoms with van der Waals surface area (Å²) in [5.74, 6) is -1.40. The number of halogens is 3. The van der Waals surface area contributed by atoms with Crippen molar-refractivity contribution in [3.8, 4) is 0 Å². The third-order valence-corrected chi connectivity index (χ3v) is 5.15. The standard InChI is InChI=1S/C17H15F3N2O4S/c1-2-11-3-5-12(6-4-11)15(23)21-22-16(24)13-7-9-14(10-8-13)27(25,26)17(18,19)20/h3-10H,2H2,1H3,(H,21,23)(H,22,24). The third-order valence-electron chi connectivity index (χ3n) is 3.65. The van der Waals surface area contributed by atoms with Gasteiger partial charge in [0.15, 0.2) is 0 Å². The van der Waals surface area contributed by atoms with Crippen LogP contribution in [0.1, 0.15) is 33.2 Å². The van der Waals surface area contributed by atoms with Gasteiger partial charge in [-0.05, 0) is 48.4 Å². The zero-order chi connectivity index (χ0) is 20.2. The molecule has 2 N–H and O–H groups in total. The van der Waals surface area contributed by atoms with Crippen LogP contribution in [0.25, 0.3) is 0 Å². The molecule has 0 spiro atoms. The molecule has 0 aliphatic carbocycles. The van der Waals surface area contributed by atoms with Crippen molar-refractivity contribution in [2.75, 3.05) is 0 Å². The number of aryl methyl sites for hydroxylation is 1. The second-order valence-electron chi connectivity index (χ2n) is 5.43. The molecule has 2 aromatic carbocycles. The minimum Gasteiger partial charge on any atom is -0.267 e. The molecule has 0 bridgehead atoms. The van der Waals surface area contributed by atoms with Crippen LogP contribution < -0.4 is 10.9 Å². The lowest BCUT2D eigenvalue weighted by molar-refractivity contribution is -0.0436. The van der Waals surface area contributed by atoms with Crippen LogP contribution in [0.3, 0.4) is 0 Å².